The predicted octanol–water partition coefficient (Wildman–Crippen LogP) is 3.50. The summed E-state index contributed by atoms with van der Waals surface area (Å²) < 4.78 is 33.4. The van der Waals surface area contributed by atoms with Gasteiger partial charge in [0.25, 0.3) is 10.0 Å². The first kappa shape index (κ1) is 22.1. The van der Waals surface area contributed by atoms with Crippen LogP contribution >= 0.6 is 0 Å². The Labute approximate surface area is 188 Å². The predicted molar refractivity (Wildman–Crippen MR) is 119 cm³/mol. The Hall–Kier alpha value is -3.13. The van der Waals surface area contributed by atoms with Crippen molar-refractivity contribution in [1.29, 1.82) is 0 Å². The van der Waals surface area contributed by atoms with Crippen molar-refractivity contribution in [2.45, 2.75) is 43.8 Å². The summed E-state index contributed by atoms with van der Waals surface area (Å²) in [6, 6.07) is 13.3. The van der Waals surface area contributed by atoms with E-state index in [9.17, 15) is 18.0 Å². The van der Waals surface area contributed by atoms with Gasteiger partial charge in [0.2, 0.25) is 0 Å². The van der Waals surface area contributed by atoms with E-state index in [0.717, 1.165) is 15.4 Å². The number of esters is 1. The van der Waals surface area contributed by atoms with Crippen LogP contribution < -0.4 is 0 Å². The van der Waals surface area contributed by atoms with Gasteiger partial charge in [-0.25, -0.2) is 22.3 Å². The van der Waals surface area contributed by atoms with E-state index in [0.29, 0.717) is 6.42 Å². The molecule has 2 aromatic rings. The molecule has 32 heavy (non-hydrogen) atoms. The van der Waals surface area contributed by atoms with Gasteiger partial charge in [0, 0.05) is 12.5 Å². The van der Waals surface area contributed by atoms with E-state index in [1.807, 2.05) is 43.3 Å². The van der Waals surface area contributed by atoms with Crippen molar-refractivity contribution in [3.8, 4) is 0 Å². The molecule has 0 spiro atoms. The minimum Gasteiger partial charge on any atom is -0.464 e. The maximum atomic E-state index is 13.7. The number of fused-ring (bicyclic) bond motifs is 1. The number of rotatable bonds is 6. The molecule has 0 aromatic heterocycles. The number of benzene rings is 2. The van der Waals surface area contributed by atoms with Gasteiger partial charge in [0.1, 0.15) is 6.04 Å². The highest BCUT2D eigenvalue weighted by Gasteiger charge is 2.54. The van der Waals surface area contributed by atoms with Crippen LogP contribution in [0.3, 0.4) is 0 Å². The molecule has 168 valence electrons. The molecular weight excluding hydrogens is 428 g/mol. The number of hydrogen-bond donors (Lipinski definition) is 0. The molecule has 7 nitrogen and oxygen atoms in total. The van der Waals surface area contributed by atoms with Gasteiger partial charge in [0.05, 0.1) is 17.5 Å². The van der Waals surface area contributed by atoms with Gasteiger partial charge >= 0.3 is 12.0 Å². The monoisotopic (exact) mass is 454 g/mol. The van der Waals surface area contributed by atoms with Gasteiger partial charge in [-0.05, 0) is 38.0 Å². The van der Waals surface area contributed by atoms with Crippen molar-refractivity contribution in [3.05, 3.63) is 77.9 Å². The lowest BCUT2D eigenvalue weighted by molar-refractivity contribution is -0.152. The fourth-order valence-electron chi connectivity index (χ4n) is 4.39. The van der Waals surface area contributed by atoms with Crippen molar-refractivity contribution in [2.75, 3.05) is 6.61 Å². The summed E-state index contributed by atoms with van der Waals surface area (Å²) in [5.74, 6) is -0.932. The number of aryl methyl sites for hydroxylation is 1. The highest BCUT2D eigenvalue weighted by atomic mass is 32.2. The number of nitrogens with zero attached hydrogens (tertiary/aromatic N) is 2. The Morgan fingerprint density at radius 1 is 1.09 bits per heavy atom. The third-order valence-corrected chi connectivity index (χ3v) is 7.71. The van der Waals surface area contributed by atoms with E-state index in [1.54, 1.807) is 25.1 Å². The zero-order valence-corrected chi connectivity index (χ0v) is 18.9. The Bertz CT molecular complexity index is 1130. The van der Waals surface area contributed by atoms with Gasteiger partial charge in [-0.15, -0.1) is 0 Å². The first-order chi connectivity index (χ1) is 15.3. The topological polar surface area (TPSA) is 84.0 Å². The molecule has 1 saturated heterocycles. The van der Waals surface area contributed by atoms with E-state index in [1.165, 1.54) is 17.0 Å². The van der Waals surface area contributed by atoms with Crippen LogP contribution in [0.2, 0.25) is 0 Å². The van der Waals surface area contributed by atoms with E-state index in [-0.39, 0.29) is 18.0 Å². The van der Waals surface area contributed by atoms with Crippen molar-refractivity contribution < 1.29 is 22.7 Å². The Kier molecular flexibility index (Phi) is 6.06. The number of carbonyl (C=O) groups excluding carboxylic acids is 2. The molecule has 1 aliphatic heterocycles. The van der Waals surface area contributed by atoms with Gasteiger partial charge < -0.3 is 9.64 Å². The van der Waals surface area contributed by atoms with Crippen molar-refractivity contribution in [2.24, 2.45) is 5.92 Å². The standard InChI is InChI=1S/C24H26N2O5S/c1-3-31-23(27)22-20-10-7-11-21(20)26(32(29,30)19-14-12-17(2)13-15-19)24(28)25(22)16-18-8-5-4-6-9-18/h4-9,11-15,20-22H,3,10,16H2,1-2H3/t20-,21+,22-/m1/s1. The fourth-order valence-corrected chi connectivity index (χ4v) is 5.96. The number of sulfonamides is 1. The first-order valence-electron chi connectivity index (χ1n) is 10.6. The second-order valence-electron chi connectivity index (χ2n) is 8.03. The average Bonchev–Trinajstić information content (AvgIpc) is 3.23. The molecule has 0 saturated carbocycles. The summed E-state index contributed by atoms with van der Waals surface area (Å²) >= 11 is 0. The molecular formula is C24H26N2O5S. The van der Waals surface area contributed by atoms with E-state index in [2.05, 4.69) is 0 Å². The minimum atomic E-state index is -4.13. The minimum absolute atomic E-state index is 0.0461. The molecule has 1 aliphatic carbocycles. The van der Waals surface area contributed by atoms with Crippen LogP contribution in [-0.2, 0) is 26.1 Å². The molecule has 2 aromatic carbocycles. The van der Waals surface area contributed by atoms with Crippen LogP contribution in [-0.4, -0.2) is 48.3 Å². The van der Waals surface area contributed by atoms with Crippen LogP contribution in [0.4, 0.5) is 4.79 Å². The number of carbonyl (C=O) groups is 2. The summed E-state index contributed by atoms with van der Waals surface area (Å²) in [5, 5.41) is 0. The highest BCUT2D eigenvalue weighted by Crippen LogP contribution is 2.39. The lowest BCUT2D eigenvalue weighted by Crippen LogP contribution is -2.65. The molecule has 0 bridgehead atoms. The molecule has 0 N–H and O–H groups in total. The molecule has 1 heterocycles. The van der Waals surface area contributed by atoms with Crippen LogP contribution in [0.1, 0.15) is 24.5 Å². The van der Waals surface area contributed by atoms with Crippen molar-refractivity contribution >= 4 is 22.0 Å². The maximum absolute atomic E-state index is 13.7. The number of allylic oxidation sites excluding steroid dienone is 1. The van der Waals surface area contributed by atoms with Crippen LogP contribution in [0.5, 0.6) is 0 Å². The Morgan fingerprint density at radius 3 is 2.44 bits per heavy atom. The molecule has 2 amide bonds. The number of hydrogen-bond acceptors (Lipinski definition) is 5. The molecule has 2 aliphatic rings. The normalized spacial score (nSPS) is 22.7. The Balaban J connectivity index is 1.78. The summed E-state index contributed by atoms with van der Waals surface area (Å²) in [4.78, 5) is 28.0. The third-order valence-electron chi connectivity index (χ3n) is 5.93. The SMILES string of the molecule is CCOC(=O)[C@H]1[C@@H]2CC=C[C@@H]2N(S(=O)(=O)c2ccc(C)cc2)C(=O)N1Cc1ccccc1. The summed E-state index contributed by atoms with van der Waals surface area (Å²) in [6.07, 6.45) is 4.02. The molecule has 0 radical (unpaired) electrons. The summed E-state index contributed by atoms with van der Waals surface area (Å²) in [6.45, 7) is 3.86. The highest BCUT2D eigenvalue weighted by molar-refractivity contribution is 7.89. The largest absolute Gasteiger partial charge is 0.464 e. The lowest BCUT2D eigenvalue weighted by Gasteiger charge is -2.46. The zero-order valence-electron chi connectivity index (χ0n) is 18.0. The third kappa shape index (κ3) is 3.90. The summed E-state index contributed by atoms with van der Waals surface area (Å²) in [7, 11) is -4.13. The van der Waals surface area contributed by atoms with E-state index < -0.39 is 40.0 Å². The molecule has 3 atom stereocenters. The fraction of sp³-hybridized carbons (Fsp3) is 0.333. The van der Waals surface area contributed by atoms with Crippen molar-refractivity contribution in [1.82, 2.24) is 9.21 Å². The molecule has 1 fully saturated rings. The summed E-state index contributed by atoms with van der Waals surface area (Å²) in [5.41, 5.74) is 1.72. The van der Waals surface area contributed by atoms with Gasteiger partial charge in [0.15, 0.2) is 0 Å². The first-order valence-corrected chi connectivity index (χ1v) is 12.1. The molecule has 4 rings (SSSR count). The average molecular weight is 455 g/mol. The molecule has 8 heteroatoms. The molecule has 0 unspecified atom stereocenters. The Morgan fingerprint density at radius 2 is 1.78 bits per heavy atom. The van der Waals surface area contributed by atoms with Crippen molar-refractivity contribution in [3.63, 3.8) is 0 Å². The second kappa shape index (κ2) is 8.78. The van der Waals surface area contributed by atoms with Gasteiger partial charge in [-0.2, -0.15) is 0 Å². The van der Waals surface area contributed by atoms with Crippen LogP contribution in [0, 0.1) is 12.8 Å². The second-order valence-corrected chi connectivity index (χ2v) is 9.84. The zero-order chi connectivity index (χ0) is 22.9. The van der Waals surface area contributed by atoms with Crippen LogP contribution in [0.25, 0.3) is 0 Å². The van der Waals surface area contributed by atoms with Crippen LogP contribution in [0.15, 0.2) is 71.6 Å². The lowest BCUT2D eigenvalue weighted by atomic mass is 9.89. The number of urea groups is 1. The number of ether oxygens (including phenoxy) is 1. The van der Waals surface area contributed by atoms with E-state index in [4.69, 9.17) is 4.74 Å². The van der Waals surface area contributed by atoms with E-state index >= 15 is 0 Å². The maximum Gasteiger partial charge on any atom is 0.335 e. The number of amides is 2. The van der Waals surface area contributed by atoms with Gasteiger partial charge in [-0.1, -0.05) is 60.2 Å². The van der Waals surface area contributed by atoms with Gasteiger partial charge in [-0.3, -0.25) is 0 Å². The quantitative estimate of drug-likeness (QED) is 0.493. The smallest absolute Gasteiger partial charge is 0.335 e.